The minimum absolute atomic E-state index is 0.109. The average Bonchev–Trinajstić information content (AvgIpc) is 2.42. The lowest BCUT2D eigenvalue weighted by molar-refractivity contribution is 0.102. The molecule has 0 fully saturated rings. The number of benzene rings is 1. The molecule has 1 aromatic carbocycles. The van der Waals surface area contributed by atoms with E-state index in [0.29, 0.717) is 11.3 Å². The Morgan fingerprint density at radius 1 is 1.32 bits per heavy atom. The molecule has 1 heterocycles. The Morgan fingerprint density at radius 3 is 2.74 bits per heavy atom. The average molecular weight is 384 g/mol. The second-order valence-corrected chi connectivity index (χ2v) is 6.20. The summed E-state index contributed by atoms with van der Waals surface area (Å²) in [7, 11) is 0. The van der Waals surface area contributed by atoms with Crippen molar-refractivity contribution in [2.24, 2.45) is 0 Å². The van der Waals surface area contributed by atoms with Gasteiger partial charge in [0.1, 0.15) is 0 Å². The van der Waals surface area contributed by atoms with Crippen LogP contribution in [-0.4, -0.2) is 16.6 Å². The van der Waals surface area contributed by atoms with Gasteiger partial charge in [-0.3, -0.25) is 4.79 Å². The maximum absolute atomic E-state index is 12.1. The van der Waals surface area contributed by atoms with Gasteiger partial charge in [-0.15, -0.1) is 11.8 Å². The van der Waals surface area contributed by atoms with Crippen molar-refractivity contribution >= 4 is 45.9 Å². The Kier molecular flexibility index (Phi) is 5.21. The Hall–Kier alpha value is -1.08. The molecule has 3 nitrogen and oxygen atoms in total. The second kappa shape index (κ2) is 6.91. The van der Waals surface area contributed by atoms with Crippen molar-refractivity contribution in [3.63, 3.8) is 0 Å². The van der Waals surface area contributed by atoms with Crippen molar-refractivity contribution in [3.05, 3.63) is 51.7 Å². The minimum Gasteiger partial charge on any atom is -0.321 e. The van der Waals surface area contributed by atoms with E-state index in [4.69, 9.17) is 0 Å². The summed E-state index contributed by atoms with van der Waals surface area (Å²) in [5, 5.41) is 3.82. The van der Waals surface area contributed by atoms with Crippen LogP contribution in [0.2, 0.25) is 0 Å². The van der Waals surface area contributed by atoms with E-state index in [-0.39, 0.29) is 5.91 Å². The van der Waals surface area contributed by atoms with Crippen molar-refractivity contribution in [2.45, 2.75) is 11.9 Å². The third-order valence-corrected chi connectivity index (χ3v) is 4.17. The lowest BCUT2D eigenvalue weighted by atomic mass is 10.2. The van der Waals surface area contributed by atoms with Crippen LogP contribution in [-0.2, 0) is 0 Å². The number of hydrogen-bond donors (Lipinski definition) is 1. The molecule has 0 aliphatic rings. The summed E-state index contributed by atoms with van der Waals surface area (Å²) in [4.78, 5) is 16.4. The number of rotatable bonds is 4. The molecule has 5 heteroatoms. The number of hydrogen-bond acceptors (Lipinski definition) is 3. The van der Waals surface area contributed by atoms with Crippen LogP contribution >= 0.6 is 34.4 Å². The molecule has 0 unspecified atom stereocenters. The van der Waals surface area contributed by atoms with Crippen molar-refractivity contribution in [1.29, 1.82) is 0 Å². The first-order chi connectivity index (χ1) is 9.20. The first-order valence-electron chi connectivity index (χ1n) is 5.85. The minimum atomic E-state index is -0.109. The van der Waals surface area contributed by atoms with E-state index >= 15 is 0 Å². The van der Waals surface area contributed by atoms with Crippen LogP contribution in [0.5, 0.6) is 0 Å². The quantitative estimate of drug-likeness (QED) is 0.639. The summed E-state index contributed by atoms with van der Waals surface area (Å²) >= 11 is 3.83. The van der Waals surface area contributed by atoms with Gasteiger partial charge in [0.25, 0.3) is 5.91 Å². The zero-order chi connectivity index (χ0) is 13.7. The highest BCUT2D eigenvalue weighted by Crippen LogP contribution is 2.18. The zero-order valence-electron chi connectivity index (χ0n) is 10.4. The number of pyridine rings is 1. The number of aromatic nitrogens is 1. The fourth-order valence-electron chi connectivity index (χ4n) is 1.53. The van der Waals surface area contributed by atoms with Crippen molar-refractivity contribution < 1.29 is 4.79 Å². The molecule has 0 saturated carbocycles. The van der Waals surface area contributed by atoms with Crippen LogP contribution in [0, 0.1) is 3.57 Å². The molecular weight excluding hydrogens is 371 g/mol. The molecule has 2 aromatic rings. The lowest BCUT2D eigenvalue weighted by Gasteiger charge is -2.07. The fraction of sp³-hybridized carbons (Fsp3) is 0.143. The van der Waals surface area contributed by atoms with Gasteiger partial charge < -0.3 is 5.32 Å². The third-order valence-electron chi connectivity index (χ3n) is 2.40. The predicted molar refractivity (Wildman–Crippen MR) is 87.7 cm³/mol. The number of nitrogens with zero attached hydrogens (tertiary/aromatic N) is 1. The van der Waals surface area contributed by atoms with Gasteiger partial charge in [0.2, 0.25) is 0 Å². The van der Waals surface area contributed by atoms with Crippen LogP contribution in [0.3, 0.4) is 0 Å². The zero-order valence-corrected chi connectivity index (χ0v) is 13.4. The van der Waals surface area contributed by atoms with Gasteiger partial charge in [-0.1, -0.05) is 19.1 Å². The molecule has 1 N–H and O–H groups in total. The molecule has 0 saturated heterocycles. The smallest absolute Gasteiger partial charge is 0.256 e. The summed E-state index contributed by atoms with van der Waals surface area (Å²) in [5.41, 5.74) is 1.39. The Labute approximate surface area is 130 Å². The number of thioether (sulfide) groups is 1. The number of nitrogens with one attached hydrogen (secondary N) is 1. The summed E-state index contributed by atoms with van der Waals surface area (Å²) in [6, 6.07) is 11.3. The largest absolute Gasteiger partial charge is 0.321 e. The maximum atomic E-state index is 12.1. The summed E-state index contributed by atoms with van der Waals surface area (Å²) < 4.78 is 0.934. The molecule has 1 amide bonds. The lowest BCUT2D eigenvalue weighted by Crippen LogP contribution is -2.13. The Balaban J connectivity index is 2.09. The SMILES string of the molecule is CCSc1ccc(NC(=O)c2ccccc2I)cn1. The molecule has 0 spiro atoms. The topological polar surface area (TPSA) is 42.0 Å². The Bertz CT molecular complexity index is 572. The second-order valence-electron chi connectivity index (χ2n) is 3.75. The molecule has 98 valence electrons. The molecule has 19 heavy (non-hydrogen) atoms. The standard InChI is InChI=1S/C14H13IN2OS/c1-2-19-13-8-7-10(9-16-13)17-14(18)11-5-3-4-6-12(11)15/h3-9H,2H2,1H3,(H,17,18). The first-order valence-corrected chi connectivity index (χ1v) is 7.92. The van der Waals surface area contributed by atoms with Gasteiger partial charge >= 0.3 is 0 Å². The van der Waals surface area contributed by atoms with Crippen LogP contribution in [0.15, 0.2) is 47.6 Å². The fourth-order valence-corrected chi connectivity index (χ4v) is 2.75. The van der Waals surface area contributed by atoms with Crippen LogP contribution in [0.25, 0.3) is 0 Å². The number of amides is 1. The highest BCUT2D eigenvalue weighted by Gasteiger charge is 2.09. The summed E-state index contributed by atoms with van der Waals surface area (Å²) in [6.07, 6.45) is 1.69. The summed E-state index contributed by atoms with van der Waals surface area (Å²) in [5.74, 6) is 0.878. The van der Waals surface area contributed by atoms with E-state index in [1.54, 1.807) is 18.0 Å². The van der Waals surface area contributed by atoms with Gasteiger partial charge in [-0.2, -0.15) is 0 Å². The van der Waals surface area contributed by atoms with Gasteiger partial charge in [0.15, 0.2) is 0 Å². The molecule has 0 atom stereocenters. The third kappa shape index (κ3) is 3.94. The van der Waals surface area contributed by atoms with E-state index in [9.17, 15) is 4.79 Å². The van der Waals surface area contributed by atoms with E-state index in [1.807, 2.05) is 36.4 Å². The Morgan fingerprint density at radius 2 is 2.11 bits per heavy atom. The number of carbonyl (C=O) groups excluding carboxylic acids is 1. The highest BCUT2D eigenvalue weighted by molar-refractivity contribution is 14.1. The predicted octanol–water partition coefficient (Wildman–Crippen LogP) is 4.05. The number of carbonyl (C=O) groups is 1. The van der Waals surface area contributed by atoms with Crippen LogP contribution in [0.1, 0.15) is 17.3 Å². The maximum Gasteiger partial charge on any atom is 0.256 e. The van der Waals surface area contributed by atoms with Gasteiger partial charge in [0.05, 0.1) is 22.5 Å². The number of anilines is 1. The monoisotopic (exact) mass is 384 g/mol. The van der Waals surface area contributed by atoms with Gasteiger partial charge in [-0.25, -0.2) is 4.98 Å². The van der Waals surface area contributed by atoms with E-state index in [2.05, 4.69) is 39.8 Å². The molecule has 2 rings (SSSR count). The van der Waals surface area contributed by atoms with E-state index in [1.165, 1.54) is 0 Å². The highest BCUT2D eigenvalue weighted by atomic mass is 127. The molecular formula is C14H13IN2OS. The number of halogens is 1. The molecule has 0 radical (unpaired) electrons. The molecule has 0 bridgehead atoms. The van der Waals surface area contributed by atoms with Crippen molar-refractivity contribution in [3.8, 4) is 0 Å². The van der Waals surface area contributed by atoms with Gasteiger partial charge in [-0.05, 0) is 52.6 Å². The summed E-state index contributed by atoms with van der Waals surface area (Å²) in [6.45, 7) is 2.08. The molecule has 0 aliphatic heterocycles. The first kappa shape index (κ1) is 14.3. The molecule has 1 aromatic heterocycles. The van der Waals surface area contributed by atoms with Crippen molar-refractivity contribution in [1.82, 2.24) is 4.98 Å². The molecule has 0 aliphatic carbocycles. The van der Waals surface area contributed by atoms with Crippen LogP contribution in [0.4, 0.5) is 5.69 Å². The van der Waals surface area contributed by atoms with E-state index in [0.717, 1.165) is 14.3 Å². The normalized spacial score (nSPS) is 10.2. The van der Waals surface area contributed by atoms with Gasteiger partial charge in [0, 0.05) is 3.57 Å². The van der Waals surface area contributed by atoms with Crippen molar-refractivity contribution in [2.75, 3.05) is 11.1 Å². The van der Waals surface area contributed by atoms with E-state index < -0.39 is 0 Å². The van der Waals surface area contributed by atoms with Crippen LogP contribution < -0.4 is 5.32 Å².